The highest BCUT2D eigenvalue weighted by molar-refractivity contribution is 7.89. The van der Waals surface area contributed by atoms with E-state index in [1.165, 1.54) is 23.1 Å². The van der Waals surface area contributed by atoms with Crippen molar-refractivity contribution in [3.05, 3.63) is 78.6 Å². The molecule has 0 aliphatic carbocycles. The van der Waals surface area contributed by atoms with Crippen LogP contribution in [0, 0.1) is 5.82 Å². The van der Waals surface area contributed by atoms with Crippen molar-refractivity contribution < 1.29 is 26.8 Å². The summed E-state index contributed by atoms with van der Waals surface area (Å²) in [6, 6.07) is 19.2. The van der Waals surface area contributed by atoms with E-state index in [0.29, 0.717) is 35.1 Å². The normalized spacial score (nSPS) is 16.6. The molecule has 35 heavy (non-hydrogen) atoms. The van der Waals surface area contributed by atoms with Crippen LogP contribution in [0.5, 0.6) is 5.75 Å². The topological polar surface area (TPSA) is 88.8 Å². The van der Waals surface area contributed by atoms with E-state index in [0.717, 1.165) is 5.56 Å². The minimum absolute atomic E-state index is 0.0984. The first-order valence-electron chi connectivity index (χ1n) is 11.1. The maximum absolute atomic E-state index is 15.2. The van der Waals surface area contributed by atoms with Crippen LogP contribution in [0.25, 0.3) is 22.1 Å². The first-order chi connectivity index (χ1) is 16.9. The van der Waals surface area contributed by atoms with Crippen LogP contribution in [0.2, 0.25) is 0 Å². The molecular weight excluding hydrogens is 471 g/mol. The third kappa shape index (κ3) is 4.40. The van der Waals surface area contributed by atoms with Crippen LogP contribution in [0.4, 0.5) is 10.1 Å². The van der Waals surface area contributed by atoms with E-state index in [1.807, 2.05) is 18.2 Å². The van der Waals surface area contributed by atoms with Gasteiger partial charge in [-0.2, -0.15) is 4.72 Å². The van der Waals surface area contributed by atoms with Crippen LogP contribution in [-0.2, 0) is 14.8 Å². The zero-order valence-electron chi connectivity index (χ0n) is 18.9. The molecule has 7 nitrogen and oxygen atoms in total. The van der Waals surface area contributed by atoms with E-state index in [-0.39, 0.29) is 17.3 Å². The number of ether oxygens (including phenoxy) is 1. The highest BCUT2D eigenvalue weighted by atomic mass is 32.2. The van der Waals surface area contributed by atoms with Crippen molar-refractivity contribution in [1.29, 1.82) is 0 Å². The van der Waals surface area contributed by atoms with Gasteiger partial charge in [-0.25, -0.2) is 12.8 Å². The lowest BCUT2D eigenvalue weighted by molar-refractivity contribution is -0.121. The Morgan fingerprint density at radius 1 is 1.06 bits per heavy atom. The largest absolute Gasteiger partial charge is 0.496 e. The first-order valence-corrected chi connectivity index (χ1v) is 12.6. The second-order valence-corrected chi connectivity index (χ2v) is 9.92. The number of amides is 1. The molecular formula is C26H23FN2O5S. The lowest BCUT2D eigenvalue weighted by atomic mass is 10.0. The van der Waals surface area contributed by atoms with Crippen LogP contribution in [0.3, 0.4) is 0 Å². The van der Waals surface area contributed by atoms with Crippen molar-refractivity contribution in [1.82, 2.24) is 4.72 Å². The first kappa shape index (κ1) is 23.1. The average molecular weight is 495 g/mol. The van der Waals surface area contributed by atoms with Gasteiger partial charge in [-0.1, -0.05) is 42.5 Å². The number of hydrogen-bond acceptors (Lipinski definition) is 5. The molecule has 1 saturated heterocycles. The summed E-state index contributed by atoms with van der Waals surface area (Å²) < 4.78 is 54.3. The third-order valence-electron chi connectivity index (χ3n) is 6.06. The lowest BCUT2D eigenvalue weighted by Crippen LogP contribution is -2.52. The zero-order chi connectivity index (χ0) is 24.6. The Morgan fingerprint density at radius 3 is 2.60 bits per heavy atom. The van der Waals surface area contributed by atoms with Gasteiger partial charge < -0.3 is 14.1 Å². The van der Waals surface area contributed by atoms with Gasteiger partial charge >= 0.3 is 0 Å². The fourth-order valence-electron chi connectivity index (χ4n) is 4.34. The van der Waals surface area contributed by atoms with E-state index < -0.39 is 27.8 Å². The molecule has 2 heterocycles. The van der Waals surface area contributed by atoms with Gasteiger partial charge in [-0.15, -0.1) is 0 Å². The predicted molar refractivity (Wildman–Crippen MR) is 130 cm³/mol. The van der Waals surface area contributed by atoms with Crippen molar-refractivity contribution in [3.8, 4) is 16.9 Å². The summed E-state index contributed by atoms with van der Waals surface area (Å²) in [7, 11) is -2.55. The highest BCUT2D eigenvalue weighted by Gasteiger charge is 2.35. The number of piperidine rings is 1. The third-order valence-corrected chi connectivity index (χ3v) is 7.39. The van der Waals surface area contributed by atoms with Crippen molar-refractivity contribution in [2.75, 3.05) is 18.6 Å². The minimum atomic E-state index is -4.09. The number of nitrogens with zero attached hydrogens (tertiary/aromatic N) is 1. The minimum Gasteiger partial charge on any atom is -0.496 e. The quantitative estimate of drug-likeness (QED) is 0.419. The Labute approximate surface area is 202 Å². The standard InChI is InChI=1S/C26H23FN2O5S/c1-33-24-11-5-3-8-19(24)17-12-13-22(20(27)15-17)29-14-6-9-21(26(29)30)28-35(31,32)25-16-18-7-2-4-10-23(18)34-25/h2-5,7-8,10-13,15-16,21,28H,6,9,14H2,1H3. The number of nitrogens with one attached hydrogen (secondary N) is 1. The summed E-state index contributed by atoms with van der Waals surface area (Å²) in [5.41, 5.74) is 1.86. The Balaban J connectivity index is 1.39. The lowest BCUT2D eigenvalue weighted by Gasteiger charge is -2.32. The highest BCUT2D eigenvalue weighted by Crippen LogP contribution is 2.33. The fourth-order valence-corrected chi connectivity index (χ4v) is 5.53. The van der Waals surface area contributed by atoms with E-state index >= 15 is 4.39 Å². The molecule has 0 spiro atoms. The van der Waals surface area contributed by atoms with Gasteiger partial charge in [0, 0.05) is 23.6 Å². The number of benzene rings is 3. The van der Waals surface area contributed by atoms with Crippen LogP contribution >= 0.6 is 0 Å². The maximum Gasteiger partial charge on any atom is 0.274 e. The smallest absolute Gasteiger partial charge is 0.274 e. The number of carbonyl (C=O) groups excluding carboxylic acids is 1. The molecule has 180 valence electrons. The fraction of sp³-hybridized carbons (Fsp3) is 0.192. The van der Waals surface area contributed by atoms with Crippen LogP contribution < -0.4 is 14.4 Å². The molecule has 1 unspecified atom stereocenters. The SMILES string of the molecule is COc1ccccc1-c1ccc(N2CCCC(NS(=O)(=O)c3cc4ccccc4o3)C2=O)c(F)c1. The average Bonchev–Trinajstić information content (AvgIpc) is 3.31. The number of hydrogen-bond donors (Lipinski definition) is 1. The van der Waals surface area contributed by atoms with Gasteiger partial charge in [0.05, 0.1) is 12.8 Å². The van der Waals surface area contributed by atoms with Gasteiger partial charge in [-0.3, -0.25) is 4.79 Å². The number of fused-ring (bicyclic) bond motifs is 1. The summed E-state index contributed by atoms with van der Waals surface area (Å²) in [5.74, 6) is -0.490. The molecule has 1 aliphatic rings. The Bertz CT molecular complexity index is 1480. The van der Waals surface area contributed by atoms with Crippen molar-refractivity contribution in [2.45, 2.75) is 24.0 Å². The molecule has 1 amide bonds. The maximum atomic E-state index is 15.2. The molecule has 0 saturated carbocycles. The molecule has 4 aromatic rings. The van der Waals surface area contributed by atoms with Gasteiger partial charge in [0.25, 0.3) is 10.0 Å². The number of methoxy groups -OCH3 is 1. The Kier molecular flexibility index (Phi) is 6.04. The summed E-state index contributed by atoms with van der Waals surface area (Å²) in [4.78, 5) is 14.5. The predicted octanol–water partition coefficient (Wildman–Crippen LogP) is 4.72. The van der Waals surface area contributed by atoms with Gasteiger partial charge in [0.2, 0.25) is 11.0 Å². The molecule has 1 atom stereocenters. The molecule has 1 N–H and O–H groups in total. The van der Waals surface area contributed by atoms with Crippen molar-refractivity contribution in [2.24, 2.45) is 0 Å². The van der Waals surface area contributed by atoms with Crippen LogP contribution in [0.1, 0.15) is 12.8 Å². The van der Waals surface area contributed by atoms with E-state index in [1.54, 1.807) is 43.5 Å². The molecule has 9 heteroatoms. The summed E-state index contributed by atoms with van der Waals surface area (Å²) in [6.07, 6.45) is 0.808. The van der Waals surface area contributed by atoms with Gasteiger partial charge in [-0.05, 0) is 42.7 Å². The van der Waals surface area contributed by atoms with Crippen LogP contribution in [-0.4, -0.2) is 34.0 Å². The Morgan fingerprint density at radius 2 is 1.83 bits per heavy atom. The van der Waals surface area contributed by atoms with Crippen LogP contribution in [0.15, 0.2) is 82.3 Å². The molecule has 0 bridgehead atoms. The number of carbonyl (C=O) groups is 1. The second-order valence-electron chi connectivity index (χ2n) is 8.28. The number of furan rings is 1. The number of halogens is 1. The number of rotatable bonds is 6. The summed E-state index contributed by atoms with van der Waals surface area (Å²) in [6.45, 7) is 0.284. The second kappa shape index (κ2) is 9.16. The number of para-hydroxylation sites is 2. The zero-order valence-corrected chi connectivity index (χ0v) is 19.7. The van der Waals surface area contributed by atoms with Gasteiger partial charge in [0.1, 0.15) is 23.2 Å². The summed E-state index contributed by atoms with van der Waals surface area (Å²) >= 11 is 0. The molecule has 1 aliphatic heterocycles. The monoisotopic (exact) mass is 494 g/mol. The van der Waals surface area contributed by atoms with E-state index in [4.69, 9.17) is 9.15 Å². The van der Waals surface area contributed by atoms with E-state index in [2.05, 4.69) is 4.72 Å². The van der Waals surface area contributed by atoms with Crippen molar-refractivity contribution >= 4 is 32.6 Å². The van der Waals surface area contributed by atoms with Gasteiger partial charge in [0.15, 0.2) is 0 Å². The number of sulfonamides is 1. The van der Waals surface area contributed by atoms with Crippen molar-refractivity contribution in [3.63, 3.8) is 0 Å². The summed E-state index contributed by atoms with van der Waals surface area (Å²) in [5, 5.41) is 0.373. The molecule has 0 radical (unpaired) electrons. The number of anilines is 1. The molecule has 1 aromatic heterocycles. The molecule has 3 aromatic carbocycles. The van der Waals surface area contributed by atoms with E-state index in [9.17, 15) is 13.2 Å². The Hall–Kier alpha value is -3.69. The molecule has 1 fully saturated rings. The molecule has 5 rings (SSSR count).